The van der Waals surface area contributed by atoms with Gasteiger partial charge in [-0.05, 0) is 51.5 Å². The van der Waals surface area contributed by atoms with Crippen LogP contribution in [0.25, 0.3) is 5.65 Å². The maximum absolute atomic E-state index is 12.8. The Morgan fingerprint density at radius 1 is 1.25 bits per heavy atom. The van der Waals surface area contributed by atoms with Gasteiger partial charge in [0, 0.05) is 11.9 Å². The van der Waals surface area contributed by atoms with E-state index in [-0.39, 0.29) is 5.91 Å². The van der Waals surface area contributed by atoms with Gasteiger partial charge in [-0.25, -0.2) is 4.98 Å². The molecule has 3 aromatic rings. The van der Waals surface area contributed by atoms with Crippen molar-refractivity contribution in [2.24, 2.45) is 0 Å². The molecule has 0 aliphatic carbocycles. The van der Waals surface area contributed by atoms with Gasteiger partial charge in [-0.1, -0.05) is 17.7 Å². The molecule has 0 bridgehead atoms. The van der Waals surface area contributed by atoms with E-state index in [1.165, 1.54) is 0 Å². The second kappa shape index (κ2) is 6.35. The van der Waals surface area contributed by atoms with Gasteiger partial charge in [-0.2, -0.15) is 0 Å². The molecule has 0 aliphatic rings. The number of imidazole rings is 1. The number of amides is 1. The lowest BCUT2D eigenvalue weighted by atomic mass is 10.1. The lowest BCUT2D eigenvalue weighted by Crippen LogP contribution is -2.16. The Morgan fingerprint density at radius 2 is 2.04 bits per heavy atom. The van der Waals surface area contributed by atoms with Gasteiger partial charge in [0.2, 0.25) is 0 Å². The number of ether oxygens (including phenoxy) is 1. The highest BCUT2D eigenvalue weighted by Gasteiger charge is 2.19. The van der Waals surface area contributed by atoms with Crippen LogP contribution in [0, 0.1) is 20.8 Å². The van der Waals surface area contributed by atoms with Crippen LogP contribution in [-0.4, -0.2) is 21.9 Å². The van der Waals surface area contributed by atoms with Crippen molar-refractivity contribution in [2.75, 3.05) is 11.9 Å². The Balaban J connectivity index is 2.01. The smallest absolute Gasteiger partial charge is 0.274 e. The number of benzene rings is 1. The van der Waals surface area contributed by atoms with Gasteiger partial charge in [0.15, 0.2) is 11.4 Å². The third-order valence-electron chi connectivity index (χ3n) is 3.93. The van der Waals surface area contributed by atoms with E-state index in [1.807, 2.05) is 64.2 Å². The summed E-state index contributed by atoms with van der Waals surface area (Å²) < 4.78 is 7.38. The van der Waals surface area contributed by atoms with Gasteiger partial charge >= 0.3 is 0 Å². The van der Waals surface area contributed by atoms with Gasteiger partial charge in [0.1, 0.15) is 5.69 Å². The lowest BCUT2D eigenvalue weighted by molar-refractivity contribution is 0.102. The number of aromatic nitrogens is 2. The number of hydrogen-bond donors (Lipinski definition) is 1. The fraction of sp³-hybridized carbons (Fsp3) is 0.263. The van der Waals surface area contributed by atoms with E-state index in [2.05, 4.69) is 10.3 Å². The molecule has 1 aromatic carbocycles. The molecule has 1 N–H and O–H groups in total. The fourth-order valence-electron chi connectivity index (χ4n) is 2.83. The van der Waals surface area contributed by atoms with Crippen LogP contribution in [0.5, 0.6) is 5.75 Å². The molecule has 0 saturated carbocycles. The number of nitrogens with one attached hydrogen (secondary N) is 1. The van der Waals surface area contributed by atoms with Crippen LogP contribution in [-0.2, 0) is 0 Å². The van der Waals surface area contributed by atoms with Crippen LogP contribution in [0.15, 0.2) is 36.5 Å². The minimum atomic E-state index is -0.180. The molecular weight excluding hydrogens is 302 g/mol. The molecule has 0 aliphatic heterocycles. The number of hydrogen-bond acceptors (Lipinski definition) is 3. The third kappa shape index (κ3) is 2.85. The summed E-state index contributed by atoms with van der Waals surface area (Å²) in [6.45, 7) is 8.32. The van der Waals surface area contributed by atoms with Crippen LogP contribution >= 0.6 is 0 Å². The molecule has 2 heterocycles. The van der Waals surface area contributed by atoms with E-state index in [0.29, 0.717) is 29.4 Å². The Kier molecular flexibility index (Phi) is 4.25. The summed E-state index contributed by atoms with van der Waals surface area (Å²) in [5, 5.41) is 2.98. The predicted molar refractivity (Wildman–Crippen MR) is 95.0 cm³/mol. The molecule has 0 spiro atoms. The number of fused-ring (bicyclic) bond motifs is 1. The summed E-state index contributed by atoms with van der Waals surface area (Å²) in [6.07, 6.45) is 1.83. The first-order chi connectivity index (χ1) is 11.5. The van der Waals surface area contributed by atoms with E-state index < -0.39 is 0 Å². The second-order valence-electron chi connectivity index (χ2n) is 5.82. The number of carbonyl (C=O) groups excluding carboxylic acids is 1. The third-order valence-corrected chi connectivity index (χ3v) is 3.93. The zero-order valence-electron chi connectivity index (χ0n) is 14.4. The molecule has 5 nitrogen and oxygen atoms in total. The van der Waals surface area contributed by atoms with Crippen molar-refractivity contribution < 1.29 is 9.53 Å². The minimum absolute atomic E-state index is 0.180. The number of rotatable bonds is 4. The van der Waals surface area contributed by atoms with Crippen molar-refractivity contribution in [3.8, 4) is 5.75 Å². The second-order valence-corrected chi connectivity index (χ2v) is 5.82. The SMILES string of the molecule is CCOc1cccn2c(C(=O)Nc3ccc(C)cc3C)c(C)nc12. The first kappa shape index (κ1) is 16.1. The van der Waals surface area contributed by atoms with E-state index in [1.54, 1.807) is 4.40 Å². The van der Waals surface area contributed by atoms with Crippen molar-refractivity contribution >= 4 is 17.2 Å². The Bertz CT molecular complexity index is 912. The Hall–Kier alpha value is -2.82. The van der Waals surface area contributed by atoms with Crippen LogP contribution in [0.4, 0.5) is 5.69 Å². The summed E-state index contributed by atoms with van der Waals surface area (Å²) in [4.78, 5) is 17.3. The van der Waals surface area contributed by atoms with Crippen LogP contribution < -0.4 is 10.1 Å². The molecule has 0 fully saturated rings. The molecule has 3 rings (SSSR count). The number of anilines is 1. The molecule has 0 atom stereocenters. The van der Waals surface area contributed by atoms with Crippen LogP contribution in [0.1, 0.15) is 34.2 Å². The zero-order chi connectivity index (χ0) is 17.3. The van der Waals surface area contributed by atoms with Crippen molar-refractivity contribution in [3.63, 3.8) is 0 Å². The molecule has 0 saturated heterocycles. The highest BCUT2D eigenvalue weighted by molar-refractivity contribution is 6.05. The topological polar surface area (TPSA) is 55.6 Å². The van der Waals surface area contributed by atoms with Crippen molar-refractivity contribution in [1.82, 2.24) is 9.38 Å². The summed E-state index contributed by atoms with van der Waals surface area (Å²) in [7, 11) is 0. The molecule has 2 aromatic heterocycles. The summed E-state index contributed by atoms with van der Waals surface area (Å²) >= 11 is 0. The molecule has 124 valence electrons. The molecule has 24 heavy (non-hydrogen) atoms. The van der Waals surface area contributed by atoms with Crippen LogP contribution in [0.3, 0.4) is 0 Å². The molecule has 5 heteroatoms. The van der Waals surface area contributed by atoms with Gasteiger partial charge < -0.3 is 10.1 Å². The van der Waals surface area contributed by atoms with Gasteiger partial charge in [-0.3, -0.25) is 9.20 Å². The minimum Gasteiger partial charge on any atom is -0.490 e. The zero-order valence-corrected chi connectivity index (χ0v) is 14.4. The Morgan fingerprint density at radius 3 is 2.75 bits per heavy atom. The number of pyridine rings is 1. The molecule has 1 amide bonds. The average Bonchev–Trinajstić information content (AvgIpc) is 2.87. The van der Waals surface area contributed by atoms with E-state index >= 15 is 0 Å². The van der Waals surface area contributed by atoms with E-state index in [4.69, 9.17) is 4.74 Å². The van der Waals surface area contributed by atoms with E-state index in [0.717, 1.165) is 16.8 Å². The maximum atomic E-state index is 12.8. The predicted octanol–water partition coefficient (Wildman–Crippen LogP) is 3.91. The first-order valence-electron chi connectivity index (χ1n) is 8.00. The summed E-state index contributed by atoms with van der Waals surface area (Å²) in [5.74, 6) is 0.495. The fourth-order valence-corrected chi connectivity index (χ4v) is 2.83. The van der Waals surface area contributed by atoms with Crippen LogP contribution in [0.2, 0.25) is 0 Å². The van der Waals surface area contributed by atoms with Gasteiger partial charge in [0.25, 0.3) is 5.91 Å². The summed E-state index contributed by atoms with van der Waals surface area (Å²) in [6, 6.07) is 9.66. The quantitative estimate of drug-likeness (QED) is 0.792. The van der Waals surface area contributed by atoms with Crippen molar-refractivity contribution in [3.05, 3.63) is 59.0 Å². The number of nitrogens with zero attached hydrogens (tertiary/aromatic N) is 2. The highest BCUT2D eigenvalue weighted by Crippen LogP contribution is 2.23. The largest absolute Gasteiger partial charge is 0.490 e. The number of aryl methyl sites for hydroxylation is 3. The average molecular weight is 323 g/mol. The molecule has 0 radical (unpaired) electrons. The highest BCUT2D eigenvalue weighted by atomic mass is 16.5. The normalized spacial score (nSPS) is 10.8. The van der Waals surface area contributed by atoms with Gasteiger partial charge in [0.05, 0.1) is 12.3 Å². The standard InChI is InChI=1S/C19H21N3O2/c1-5-24-16-7-6-10-22-17(14(4)20-18(16)22)19(23)21-15-9-8-12(2)11-13(15)3/h6-11H,5H2,1-4H3,(H,21,23). The maximum Gasteiger partial charge on any atom is 0.274 e. The molecule has 0 unspecified atom stereocenters. The Labute approximate surface area is 141 Å². The number of carbonyl (C=O) groups is 1. The first-order valence-corrected chi connectivity index (χ1v) is 8.00. The van der Waals surface area contributed by atoms with Crippen molar-refractivity contribution in [2.45, 2.75) is 27.7 Å². The summed E-state index contributed by atoms with van der Waals surface area (Å²) in [5.41, 5.74) is 4.85. The molecular formula is C19H21N3O2. The van der Waals surface area contributed by atoms with E-state index in [9.17, 15) is 4.79 Å². The lowest BCUT2D eigenvalue weighted by Gasteiger charge is -2.10. The monoisotopic (exact) mass is 323 g/mol. The van der Waals surface area contributed by atoms with Gasteiger partial charge in [-0.15, -0.1) is 0 Å². The van der Waals surface area contributed by atoms with Crippen molar-refractivity contribution in [1.29, 1.82) is 0 Å².